The van der Waals surface area contributed by atoms with Gasteiger partial charge in [0.05, 0.1) is 24.5 Å². The van der Waals surface area contributed by atoms with Crippen LogP contribution in [0.4, 0.5) is 0 Å². The van der Waals surface area contributed by atoms with E-state index >= 15 is 0 Å². The predicted molar refractivity (Wildman–Crippen MR) is 121 cm³/mol. The van der Waals surface area contributed by atoms with E-state index in [1.807, 2.05) is 12.1 Å². The fourth-order valence-corrected chi connectivity index (χ4v) is 5.23. The molecule has 31 heavy (non-hydrogen) atoms. The van der Waals surface area contributed by atoms with Gasteiger partial charge in [0.1, 0.15) is 10.7 Å². The van der Waals surface area contributed by atoms with E-state index in [4.69, 9.17) is 20.2 Å². The van der Waals surface area contributed by atoms with E-state index in [0.717, 1.165) is 31.5 Å². The fraction of sp³-hybridized carbons (Fsp3) is 0.409. The number of nitrogens with zero attached hydrogens (tertiary/aromatic N) is 3. The van der Waals surface area contributed by atoms with Crippen molar-refractivity contribution in [2.45, 2.75) is 25.8 Å². The predicted octanol–water partition coefficient (Wildman–Crippen LogP) is 2.82. The fourth-order valence-electron chi connectivity index (χ4n) is 4.20. The summed E-state index contributed by atoms with van der Waals surface area (Å²) in [4.78, 5) is 33.6. The first-order valence-corrected chi connectivity index (χ1v) is 10.9. The number of primary amides is 1. The third kappa shape index (κ3) is 3.68. The molecule has 1 fully saturated rings. The van der Waals surface area contributed by atoms with Gasteiger partial charge in [-0.2, -0.15) is 0 Å². The van der Waals surface area contributed by atoms with Crippen molar-refractivity contribution in [3.63, 3.8) is 0 Å². The molecule has 164 valence electrons. The molecule has 2 N–H and O–H groups in total. The number of thiophene rings is 1. The summed E-state index contributed by atoms with van der Waals surface area (Å²) in [6.07, 6.45) is 1.69. The molecule has 1 aliphatic heterocycles. The van der Waals surface area contributed by atoms with Crippen LogP contribution in [-0.4, -0.2) is 54.7 Å². The Balaban J connectivity index is 2.00. The number of hydrogen-bond acceptors (Lipinski definition) is 7. The van der Waals surface area contributed by atoms with Crippen LogP contribution < -0.4 is 20.8 Å². The Labute approximate surface area is 184 Å². The molecule has 3 heterocycles. The third-order valence-corrected chi connectivity index (χ3v) is 7.12. The largest absolute Gasteiger partial charge is 0.493 e. The normalized spacial score (nSPS) is 15.4. The molecule has 1 aromatic carbocycles. The molecule has 4 rings (SSSR count). The lowest BCUT2D eigenvalue weighted by Gasteiger charge is -2.31. The van der Waals surface area contributed by atoms with Crippen molar-refractivity contribution < 1.29 is 14.3 Å². The van der Waals surface area contributed by atoms with Crippen molar-refractivity contribution in [1.82, 2.24) is 14.5 Å². The number of likely N-dealkylation sites (tertiary alicyclic amines) is 1. The summed E-state index contributed by atoms with van der Waals surface area (Å²) in [6, 6.07) is 5.52. The van der Waals surface area contributed by atoms with E-state index in [1.54, 1.807) is 31.8 Å². The monoisotopic (exact) mass is 442 g/mol. The SMILES string of the molecule is COc1ccc(-c2nc3sc(C(N)=O)c(C)c3c(=O)n2C2CCN(C)CC2)cc1OC. The molecule has 2 aromatic heterocycles. The first-order valence-electron chi connectivity index (χ1n) is 10.1. The highest BCUT2D eigenvalue weighted by molar-refractivity contribution is 7.20. The lowest BCUT2D eigenvalue weighted by molar-refractivity contribution is 0.100. The van der Waals surface area contributed by atoms with Gasteiger partial charge in [-0.1, -0.05) is 0 Å². The molecule has 0 radical (unpaired) electrons. The highest BCUT2D eigenvalue weighted by Crippen LogP contribution is 2.35. The number of piperidine rings is 1. The molecule has 9 heteroatoms. The van der Waals surface area contributed by atoms with Crippen LogP contribution in [0, 0.1) is 6.92 Å². The highest BCUT2D eigenvalue weighted by atomic mass is 32.1. The number of ether oxygens (including phenoxy) is 2. The number of amides is 1. The van der Waals surface area contributed by atoms with Gasteiger partial charge in [0.15, 0.2) is 11.5 Å². The standard InChI is InChI=1S/C22H26N4O4S/c1-12-17-21(31-18(12)19(23)27)24-20(13-5-6-15(29-3)16(11-13)30-4)26(22(17)28)14-7-9-25(2)10-8-14/h5-6,11,14H,7-10H2,1-4H3,(H2,23,27). The van der Waals surface area contributed by atoms with Gasteiger partial charge in [-0.15, -0.1) is 11.3 Å². The number of hydrogen-bond donors (Lipinski definition) is 1. The molecule has 1 saturated heterocycles. The molecule has 0 saturated carbocycles. The van der Waals surface area contributed by atoms with Crippen LogP contribution in [0.3, 0.4) is 0 Å². The maximum Gasteiger partial charge on any atom is 0.263 e. The third-order valence-electron chi connectivity index (χ3n) is 5.92. The molecule has 0 bridgehead atoms. The van der Waals surface area contributed by atoms with E-state index < -0.39 is 5.91 Å². The molecular weight excluding hydrogens is 416 g/mol. The van der Waals surface area contributed by atoms with Gasteiger partial charge in [0, 0.05) is 11.6 Å². The smallest absolute Gasteiger partial charge is 0.263 e. The van der Waals surface area contributed by atoms with Gasteiger partial charge >= 0.3 is 0 Å². The number of carbonyl (C=O) groups excluding carboxylic acids is 1. The molecule has 1 amide bonds. The number of aryl methyl sites for hydroxylation is 1. The topological polar surface area (TPSA) is 99.7 Å². The van der Waals surface area contributed by atoms with Crippen LogP contribution in [-0.2, 0) is 0 Å². The second-order valence-electron chi connectivity index (χ2n) is 7.82. The minimum Gasteiger partial charge on any atom is -0.493 e. The summed E-state index contributed by atoms with van der Waals surface area (Å²) in [5.74, 6) is 1.18. The van der Waals surface area contributed by atoms with Crippen molar-refractivity contribution in [2.24, 2.45) is 5.73 Å². The summed E-state index contributed by atoms with van der Waals surface area (Å²) in [7, 11) is 5.23. The van der Waals surface area contributed by atoms with E-state index in [-0.39, 0.29) is 11.6 Å². The van der Waals surface area contributed by atoms with Crippen LogP contribution in [0.1, 0.15) is 34.1 Å². The molecule has 0 spiro atoms. The maximum atomic E-state index is 13.7. The average Bonchev–Trinajstić information content (AvgIpc) is 3.11. The van der Waals surface area contributed by atoms with Gasteiger partial charge in [-0.05, 0) is 63.7 Å². The van der Waals surface area contributed by atoms with Crippen LogP contribution in [0.25, 0.3) is 21.6 Å². The molecule has 8 nitrogen and oxygen atoms in total. The zero-order chi connectivity index (χ0) is 22.3. The van der Waals surface area contributed by atoms with Crippen LogP contribution in [0.2, 0.25) is 0 Å². The molecule has 0 aliphatic carbocycles. The van der Waals surface area contributed by atoms with Crippen molar-refractivity contribution >= 4 is 27.5 Å². The van der Waals surface area contributed by atoms with Crippen molar-refractivity contribution in [3.8, 4) is 22.9 Å². The van der Waals surface area contributed by atoms with E-state index in [9.17, 15) is 9.59 Å². The van der Waals surface area contributed by atoms with Gasteiger partial charge < -0.3 is 20.1 Å². The van der Waals surface area contributed by atoms with Gasteiger partial charge in [-0.25, -0.2) is 4.98 Å². The summed E-state index contributed by atoms with van der Waals surface area (Å²) < 4.78 is 12.6. The van der Waals surface area contributed by atoms with E-state index in [1.165, 1.54) is 11.3 Å². The Kier molecular flexibility index (Phi) is 5.72. The van der Waals surface area contributed by atoms with Gasteiger partial charge in [-0.3, -0.25) is 14.2 Å². The summed E-state index contributed by atoms with van der Waals surface area (Å²) in [6.45, 7) is 3.56. The highest BCUT2D eigenvalue weighted by Gasteiger charge is 2.27. The van der Waals surface area contributed by atoms with Gasteiger partial charge in [0.2, 0.25) is 0 Å². The minimum atomic E-state index is -0.543. The molecule has 0 unspecified atom stereocenters. The number of benzene rings is 1. The maximum absolute atomic E-state index is 13.7. The Bertz CT molecular complexity index is 1210. The van der Waals surface area contributed by atoms with Gasteiger partial charge in [0.25, 0.3) is 11.5 Å². The van der Waals surface area contributed by atoms with E-state index in [2.05, 4.69) is 11.9 Å². The van der Waals surface area contributed by atoms with E-state index in [0.29, 0.717) is 38.0 Å². The molecular formula is C22H26N4O4S. The number of rotatable bonds is 5. The minimum absolute atomic E-state index is 0.0139. The number of methoxy groups -OCH3 is 2. The summed E-state index contributed by atoms with van der Waals surface area (Å²) >= 11 is 1.17. The summed E-state index contributed by atoms with van der Waals surface area (Å²) in [5, 5.41) is 0.474. The van der Waals surface area contributed by atoms with Crippen molar-refractivity contribution in [1.29, 1.82) is 0 Å². The lowest BCUT2D eigenvalue weighted by Crippen LogP contribution is -2.36. The molecule has 3 aromatic rings. The van der Waals surface area contributed by atoms with Crippen molar-refractivity contribution in [2.75, 3.05) is 34.4 Å². The number of aromatic nitrogens is 2. The first-order chi connectivity index (χ1) is 14.8. The van der Waals surface area contributed by atoms with Crippen LogP contribution in [0.15, 0.2) is 23.0 Å². The zero-order valence-corrected chi connectivity index (χ0v) is 18.9. The number of nitrogens with two attached hydrogens (primary N) is 1. The first kappa shape index (κ1) is 21.3. The second kappa shape index (κ2) is 8.32. The Morgan fingerprint density at radius 2 is 1.87 bits per heavy atom. The molecule has 1 aliphatic rings. The Morgan fingerprint density at radius 1 is 1.19 bits per heavy atom. The Hall–Kier alpha value is -2.91. The lowest BCUT2D eigenvalue weighted by atomic mass is 10.0. The second-order valence-corrected chi connectivity index (χ2v) is 8.81. The molecule has 0 atom stereocenters. The number of carbonyl (C=O) groups is 1. The van der Waals surface area contributed by atoms with Crippen molar-refractivity contribution in [3.05, 3.63) is 39.0 Å². The van der Waals surface area contributed by atoms with Crippen LogP contribution >= 0.6 is 11.3 Å². The summed E-state index contributed by atoms with van der Waals surface area (Å²) in [5.41, 5.74) is 6.76. The van der Waals surface area contributed by atoms with Crippen LogP contribution in [0.5, 0.6) is 11.5 Å². The zero-order valence-electron chi connectivity index (χ0n) is 18.1. The average molecular weight is 443 g/mol. The number of fused-ring (bicyclic) bond motifs is 1. The Morgan fingerprint density at radius 3 is 2.48 bits per heavy atom. The quantitative estimate of drug-likeness (QED) is 0.652.